The van der Waals surface area contributed by atoms with Gasteiger partial charge in [0.05, 0.1) is 18.9 Å². The number of nitrogens with zero attached hydrogens (tertiary/aromatic N) is 4. The van der Waals surface area contributed by atoms with Crippen LogP contribution in [0.4, 0.5) is 19.0 Å². The summed E-state index contributed by atoms with van der Waals surface area (Å²) in [5, 5.41) is 0. The molecule has 2 aromatic heterocycles. The molecule has 170 valence electrons. The van der Waals surface area contributed by atoms with Gasteiger partial charge in [0, 0.05) is 56.1 Å². The van der Waals surface area contributed by atoms with Gasteiger partial charge >= 0.3 is 6.36 Å². The van der Waals surface area contributed by atoms with Gasteiger partial charge in [-0.05, 0) is 12.0 Å². The van der Waals surface area contributed by atoms with Gasteiger partial charge < -0.3 is 24.7 Å². The van der Waals surface area contributed by atoms with E-state index in [9.17, 15) is 13.2 Å². The Labute approximate surface area is 179 Å². The van der Waals surface area contributed by atoms with Crippen LogP contribution in [0.5, 0.6) is 5.75 Å². The summed E-state index contributed by atoms with van der Waals surface area (Å²) in [5.41, 5.74) is 7.50. The summed E-state index contributed by atoms with van der Waals surface area (Å²) in [7, 11) is 0. The summed E-state index contributed by atoms with van der Waals surface area (Å²) < 4.78 is 49.4. The number of hydrogen-bond acceptors (Lipinski definition) is 6. The van der Waals surface area contributed by atoms with Crippen molar-refractivity contribution in [3.05, 3.63) is 36.6 Å². The van der Waals surface area contributed by atoms with Gasteiger partial charge in [0.25, 0.3) is 0 Å². The van der Waals surface area contributed by atoms with E-state index in [2.05, 4.69) is 40.0 Å². The Morgan fingerprint density at radius 2 is 2.03 bits per heavy atom. The zero-order valence-electron chi connectivity index (χ0n) is 17.8. The fourth-order valence-corrected chi connectivity index (χ4v) is 3.40. The molecule has 0 saturated carbocycles. The molecule has 3 heterocycles. The number of aromatic nitrogens is 3. The summed E-state index contributed by atoms with van der Waals surface area (Å²) in [5.74, 6) is 0.357. The van der Waals surface area contributed by atoms with E-state index in [-0.39, 0.29) is 5.82 Å². The Bertz CT molecular complexity index is 905. The molecule has 10 heteroatoms. The first-order valence-electron chi connectivity index (χ1n) is 10.2. The van der Waals surface area contributed by atoms with Crippen molar-refractivity contribution in [1.82, 2.24) is 19.4 Å². The smallest absolute Gasteiger partial charge is 0.402 e. The average Bonchev–Trinajstić information content (AvgIpc) is 3.09. The Balaban J connectivity index is 1.81. The average molecular weight is 439 g/mol. The van der Waals surface area contributed by atoms with Gasteiger partial charge in [-0.2, -0.15) is 0 Å². The van der Waals surface area contributed by atoms with Gasteiger partial charge in [0.2, 0.25) is 0 Å². The third kappa shape index (κ3) is 6.36. The summed E-state index contributed by atoms with van der Waals surface area (Å²) in [4.78, 5) is 10.7. The normalized spacial score (nSPS) is 14.8. The van der Waals surface area contributed by atoms with Crippen molar-refractivity contribution in [2.75, 3.05) is 32.0 Å². The Morgan fingerprint density at radius 1 is 1.32 bits per heavy atom. The molecule has 31 heavy (non-hydrogen) atoms. The largest absolute Gasteiger partial charge is 0.573 e. The number of alkyl halides is 3. The number of hydrogen-bond donors (Lipinski definition) is 1. The summed E-state index contributed by atoms with van der Waals surface area (Å²) >= 11 is 0. The SMILES string of the molecule is C=C(CCn1cc(-c2cnc(N)c(OC(F)(F)F)c2)nc1CC(C)C)N1CCOCC1. The molecular weight excluding hydrogens is 411 g/mol. The van der Waals surface area contributed by atoms with Gasteiger partial charge in [-0.1, -0.05) is 20.4 Å². The van der Waals surface area contributed by atoms with Gasteiger partial charge in [-0.15, -0.1) is 13.2 Å². The maximum absolute atomic E-state index is 12.7. The van der Waals surface area contributed by atoms with Crippen LogP contribution in [0.15, 0.2) is 30.7 Å². The van der Waals surface area contributed by atoms with E-state index in [1.165, 1.54) is 12.3 Å². The predicted octanol–water partition coefficient (Wildman–Crippen LogP) is 3.86. The van der Waals surface area contributed by atoms with Crippen molar-refractivity contribution in [3.63, 3.8) is 0 Å². The van der Waals surface area contributed by atoms with Crippen LogP contribution >= 0.6 is 0 Å². The number of nitrogens with two attached hydrogens (primary N) is 1. The molecule has 0 aliphatic carbocycles. The van der Waals surface area contributed by atoms with Crippen LogP contribution in [0.3, 0.4) is 0 Å². The van der Waals surface area contributed by atoms with Crippen LogP contribution in [0.1, 0.15) is 26.1 Å². The molecule has 0 bridgehead atoms. The fraction of sp³-hybridized carbons (Fsp3) is 0.524. The Morgan fingerprint density at radius 3 is 2.68 bits per heavy atom. The van der Waals surface area contributed by atoms with Gasteiger partial charge in [-0.25, -0.2) is 9.97 Å². The zero-order valence-corrected chi connectivity index (χ0v) is 17.8. The van der Waals surface area contributed by atoms with Crippen molar-refractivity contribution >= 4 is 5.82 Å². The van der Waals surface area contributed by atoms with Crippen molar-refractivity contribution in [1.29, 1.82) is 0 Å². The second-order valence-electron chi connectivity index (χ2n) is 7.90. The second kappa shape index (κ2) is 9.59. The molecule has 3 rings (SSSR count). The van der Waals surface area contributed by atoms with Crippen molar-refractivity contribution < 1.29 is 22.6 Å². The van der Waals surface area contributed by atoms with Crippen molar-refractivity contribution in [3.8, 4) is 17.0 Å². The molecule has 2 aromatic rings. The third-order valence-corrected chi connectivity index (χ3v) is 4.95. The first-order chi connectivity index (χ1) is 14.6. The summed E-state index contributed by atoms with van der Waals surface area (Å²) in [6.45, 7) is 12.1. The maximum atomic E-state index is 12.7. The van der Waals surface area contributed by atoms with E-state index >= 15 is 0 Å². The number of anilines is 1. The topological polar surface area (TPSA) is 78.4 Å². The number of morpholine rings is 1. The summed E-state index contributed by atoms with van der Waals surface area (Å²) in [6, 6.07) is 1.22. The minimum Gasteiger partial charge on any atom is -0.402 e. The third-order valence-electron chi connectivity index (χ3n) is 4.95. The van der Waals surface area contributed by atoms with E-state index in [1.54, 1.807) is 0 Å². The van der Waals surface area contributed by atoms with E-state index in [4.69, 9.17) is 10.5 Å². The van der Waals surface area contributed by atoms with Crippen molar-refractivity contribution in [2.24, 2.45) is 5.92 Å². The Hall–Kier alpha value is -2.75. The van der Waals surface area contributed by atoms with E-state index in [1.807, 2.05) is 10.8 Å². The minimum atomic E-state index is -4.85. The molecule has 0 spiro atoms. The number of pyridine rings is 1. The number of rotatable bonds is 8. The first-order valence-corrected chi connectivity index (χ1v) is 10.2. The molecule has 1 saturated heterocycles. The number of imidazole rings is 1. The van der Waals surface area contributed by atoms with Gasteiger partial charge in [-0.3, -0.25) is 0 Å². The molecule has 1 fully saturated rings. The number of ether oxygens (including phenoxy) is 2. The molecule has 0 atom stereocenters. The first kappa shape index (κ1) is 22.9. The molecule has 2 N–H and O–H groups in total. The van der Waals surface area contributed by atoms with E-state index in [0.717, 1.165) is 37.5 Å². The molecule has 1 aliphatic heterocycles. The van der Waals surface area contributed by atoms with Crippen LogP contribution in [0.2, 0.25) is 0 Å². The van der Waals surface area contributed by atoms with Crippen LogP contribution in [-0.4, -0.2) is 52.1 Å². The van der Waals surface area contributed by atoms with Crippen LogP contribution in [0, 0.1) is 5.92 Å². The lowest BCUT2D eigenvalue weighted by Crippen LogP contribution is -2.35. The maximum Gasteiger partial charge on any atom is 0.573 e. The highest BCUT2D eigenvalue weighted by Gasteiger charge is 2.32. The Kier molecular flexibility index (Phi) is 7.09. The minimum absolute atomic E-state index is 0.329. The summed E-state index contributed by atoms with van der Waals surface area (Å²) in [6.07, 6.45) is -0.149. The quantitative estimate of drug-likeness (QED) is 0.673. The lowest BCUT2D eigenvalue weighted by molar-refractivity contribution is -0.274. The molecule has 0 amide bonds. The van der Waals surface area contributed by atoms with Crippen molar-refractivity contribution in [2.45, 2.75) is 39.6 Å². The van der Waals surface area contributed by atoms with Gasteiger partial charge in [0.15, 0.2) is 11.6 Å². The number of nitrogen functional groups attached to an aromatic ring is 1. The monoisotopic (exact) mass is 439 g/mol. The molecule has 0 unspecified atom stereocenters. The number of halogens is 3. The number of allylic oxidation sites excluding steroid dienone is 1. The highest BCUT2D eigenvalue weighted by atomic mass is 19.4. The van der Waals surface area contributed by atoms with E-state index < -0.39 is 12.1 Å². The fourth-order valence-electron chi connectivity index (χ4n) is 3.40. The molecule has 0 radical (unpaired) electrons. The molecule has 0 aromatic carbocycles. The lowest BCUT2D eigenvalue weighted by Gasteiger charge is -2.30. The second-order valence-corrected chi connectivity index (χ2v) is 7.90. The highest BCUT2D eigenvalue weighted by Crippen LogP contribution is 2.31. The highest BCUT2D eigenvalue weighted by molar-refractivity contribution is 5.63. The predicted molar refractivity (Wildman–Crippen MR) is 111 cm³/mol. The lowest BCUT2D eigenvalue weighted by atomic mass is 10.1. The van der Waals surface area contributed by atoms with Crippen LogP contribution in [-0.2, 0) is 17.7 Å². The van der Waals surface area contributed by atoms with Crippen LogP contribution < -0.4 is 10.5 Å². The standard InChI is InChI=1S/C21H28F3N5O2/c1-14(2)10-19-27-17(16-11-18(20(25)26-12-16)31-21(22,23)24)13-29(19)5-4-15(3)28-6-8-30-9-7-28/h11-14H,3-10H2,1-2H3,(H2,25,26). The van der Waals surface area contributed by atoms with Crippen LogP contribution in [0.25, 0.3) is 11.3 Å². The molecule has 7 nitrogen and oxygen atoms in total. The van der Waals surface area contributed by atoms with E-state index in [0.29, 0.717) is 36.9 Å². The molecule has 1 aliphatic rings. The van der Waals surface area contributed by atoms with Gasteiger partial charge in [0.1, 0.15) is 5.82 Å². The molecular formula is C21H28F3N5O2. The zero-order chi connectivity index (χ0) is 22.6. The number of aryl methyl sites for hydroxylation is 1.